The van der Waals surface area contributed by atoms with Crippen LogP contribution in [0.5, 0.6) is 5.75 Å². The van der Waals surface area contributed by atoms with Crippen molar-refractivity contribution in [2.24, 2.45) is 0 Å². The number of fused-ring (bicyclic) bond motifs is 1. The van der Waals surface area contributed by atoms with E-state index in [2.05, 4.69) is 11.0 Å². The lowest BCUT2D eigenvalue weighted by molar-refractivity contribution is -0.138. The number of rotatable bonds is 2. The van der Waals surface area contributed by atoms with Gasteiger partial charge in [-0.25, -0.2) is 0 Å². The summed E-state index contributed by atoms with van der Waals surface area (Å²) in [6.07, 6.45) is 1.19. The van der Waals surface area contributed by atoms with E-state index in [0.717, 1.165) is 11.6 Å². The van der Waals surface area contributed by atoms with Crippen molar-refractivity contribution in [1.82, 2.24) is 9.78 Å². The number of ether oxygens (including phenoxy) is 1. The van der Waals surface area contributed by atoms with Crippen molar-refractivity contribution in [3.05, 3.63) is 45.9 Å². The maximum atomic E-state index is 12.9. The van der Waals surface area contributed by atoms with Gasteiger partial charge in [-0.15, -0.1) is 6.42 Å². The Morgan fingerprint density at radius 1 is 1.35 bits per heavy atom. The van der Waals surface area contributed by atoms with Gasteiger partial charge in [-0.3, -0.25) is 14.5 Å². The molecular formula is C17H12F3N3O3. The Balaban J connectivity index is 2.13. The van der Waals surface area contributed by atoms with Crippen molar-refractivity contribution >= 4 is 11.6 Å². The van der Waals surface area contributed by atoms with Gasteiger partial charge in [0.15, 0.2) is 6.61 Å². The molecule has 9 heteroatoms. The summed E-state index contributed by atoms with van der Waals surface area (Å²) in [5.74, 6) is 2.36. The summed E-state index contributed by atoms with van der Waals surface area (Å²) in [5.41, 5.74) is -1.97. The zero-order chi connectivity index (χ0) is 19.1. The summed E-state index contributed by atoms with van der Waals surface area (Å²) in [6, 6.07) is 4.39. The van der Waals surface area contributed by atoms with Gasteiger partial charge in [-0.1, -0.05) is 5.92 Å². The normalized spacial score (nSPS) is 13.8. The monoisotopic (exact) mass is 363 g/mol. The van der Waals surface area contributed by atoms with Gasteiger partial charge in [0.25, 0.3) is 11.5 Å². The van der Waals surface area contributed by atoms with Crippen LogP contribution in [0.25, 0.3) is 5.69 Å². The number of terminal acetylenes is 1. The Morgan fingerprint density at radius 2 is 2.08 bits per heavy atom. The second-order valence-electron chi connectivity index (χ2n) is 5.52. The number of amides is 1. The lowest BCUT2D eigenvalue weighted by atomic mass is 10.1. The largest absolute Gasteiger partial charge is 0.482 e. The van der Waals surface area contributed by atoms with E-state index in [0.29, 0.717) is 17.6 Å². The van der Waals surface area contributed by atoms with E-state index in [1.54, 1.807) is 0 Å². The third-order valence-corrected chi connectivity index (χ3v) is 3.90. The number of alkyl halides is 3. The predicted molar refractivity (Wildman–Crippen MR) is 86.3 cm³/mol. The second-order valence-corrected chi connectivity index (χ2v) is 5.52. The number of hydrogen-bond donors (Lipinski definition) is 0. The van der Waals surface area contributed by atoms with E-state index in [-0.39, 0.29) is 24.7 Å². The molecular weight excluding hydrogens is 351 g/mol. The molecule has 0 bridgehead atoms. The Hall–Kier alpha value is -3.28. The molecule has 1 amide bonds. The van der Waals surface area contributed by atoms with E-state index in [1.807, 2.05) is 0 Å². The standard InChI is InChI=1S/C17H12F3N3O3/c1-3-6-22-13-7-11(4-5-14(13)26-9-15(22)24)23-16(25)10(2)12(8-21-23)17(18,19)20/h1,4-5,7-8H,6,9H2,2H3. The number of aromatic nitrogens is 2. The van der Waals surface area contributed by atoms with Crippen LogP contribution < -0.4 is 15.2 Å². The van der Waals surface area contributed by atoms with Gasteiger partial charge in [0.1, 0.15) is 5.75 Å². The van der Waals surface area contributed by atoms with Gasteiger partial charge in [0.2, 0.25) is 0 Å². The Labute approximate surface area is 145 Å². The smallest absolute Gasteiger partial charge is 0.418 e. The molecule has 1 aliphatic heterocycles. The highest BCUT2D eigenvalue weighted by molar-refractivity contribution is 5.98. The maximum absolute atomic E-state index is 12.9. The van der Waals surface area contributed by atoms with Crippen molar-refractivity contribution in [3.8, 4) is 23.8 Å². The Bertz CT molecular complexity index is 989. The van der Waals surface area contributed by atoms with Gasteiger partial charge in [0.05, 0.1) is 29.7 Å². The molecule has 0 saturated carbocycles. The fourth-order valence-electron chi connectivity index (χ4n) is 2.60. The highest BCUT2D eigenvalue weighted by atomic mass is 19.4. The van der Waals surface area contributed by atoms with E-state index < -0.39 is 22.9 Å². The minimum atomic E-state index is -4.67. The van der Waals surface area contributed by atoms with Crippen molar-refractivity contribution in [2.45, 2.75) is 13.1 Å². The maximum Gasteiger partial charge on any atom is 0.418 e. The molecule has 0 radical (unpaired) electrons. The summed E-state index contributed by atoms with van der Waals surface area (Å²) in [4.78, 5) is 25.6. The molecule has 6 nitrogen and oxygen atoms in total. The predicted octanol–water partition coefficient (Wildman–Crippen LogP) is 1.92. The number of nitrogens with zero attached hydrogens (tertiary/aromatic N) is 3. The number of hydrogen-bond acceptors (Lipinski definition) is 4. The van der Waals surface area contributed by atoms with Gasteiger partial charge in [-0.05, 0) is 25.1 Å². The van der Waals surface area contributed by atoms with Crippen molar-refractivity contribution in [3.63, 3.8) is 0 Å². The summed E-state index contributed by atoms with van der Waals surface area (Å²) in [5, 5.41) is 3.61. The molecule has 0 saturated heterocycles. The first-order chi connectivity index (χ1) is 12.2. The van der Waals surface area contributed by atoms with E-state index in [9.17, 15) is 22.8 Å². The zero-order valence-electron chi connectivity index (χ0n) is 13.5. The molecule has 2 aromatic rings. The number of carbonyl (C=O) groups excluding carboxylic acids is 1. The number of carbonyl (C=O) groups is 1. The molecule has 3 rings (SSSR count). The second kappa shape index (κ2) is 6.22. The highest BCUT2D eigenvalue weighted by Crippen LogP contribution is 2.34. The number of halogens is 3. The molecule has 2 heterocycles. The Morgan fingerprint density at radius 3 is 2.73 bits per heavy atom. The molecule has 0 aliphatic carbocycles. The highest BCUT2D eigenvalue weighted by Gasteiger charge is 2.34. The lowest BCUT2D eigenvalue weighted by Gasteiger charge is -2.28. The van der Waals surface area contributed by atoms with E-state index >= 15 is 0 Å². The summed E-state index contributed by atoms with van der Waals surface area (Å²) < 4.78 is 44.8. The molecule has 0 fully saturated rings. The molecule has 0 atom stereocenters. The molecule has 1 aliphatic rings. The molecule has 0 spiro atoms. The Kier molecular flexibility index (Phi) is 4.20. The summed E-state index contributed by atoms with van der Waals surface area (Å²) >= 11 is 0. The number of anilines is 1. The average molecular weight is 363 g/mol. The number of benzene rings is 1. The topological polar surface area (TPSA) is 64.4 Å². The third-order valence-electron chi connectivity index (χ3n) is 3.90. The van der Waals surface area contributed by atoms with Gasteiger partial charge in [0, 0.05) is 5.56 Å². The third kappa shape index (κ3) is 2.90. The van der Waals surface area contributed by atoms with Crippen LogP contribution in [0.2, 0.25) is 0 Å². The molecule has 0 N–H and O–H groups in total. The van der Waals surface area contributed by atoms with Crippen molar-refractivity contribution in [1.29, 1.82) is 0 Å². The van der Waals surface area contributed by atoms with Crippen LogP contribution in [-0.2, 0) is 11.0 Å². The first-order valence-electron chi connectivity index (χ1n) is 7.41. The fraction of sp³-hybridized carbons (Fsp3) is 0.235. The van der Waals surface area contributed by atoms with Crippen LogP contribution in [0, 0.1) is 19.3 Å². The van der Waals surface area contributed by atoms with Crippen LogP contribution in [-0.4, -0.2) is 28.8 Å². The molecule has 26 heavy (non-hydrogen) atoms. The van der Waals surface area contributed by atoms with Gasteiger partial charge < -0.3 is 4.74 Å². The van der Waals surface area contributed by atoms with Crippen LogP contribution in [0.15, 0.2) is 29.2 Å². The molecule has 1 aromatic carbocycles. The lowest BCUT2D eigenvalue weighted by Crippen LogP contribution is -2.39. The van der Waals surface area contributed by atoms with Crippen LogP contribution in [0.3, 0.4) is 0 Å². The zero-order valence-corrected chi connectivity index (χ0v) is 13.5. The fourth-order valence-corrected chi connectivity index (χ4v) is 2.60. The summed E-state index contributed by atoms with van der Waals surface area (Å²) in [6.45, 7) is 0.900. The van der Waals surface area contributed by atoms with Gasteiger partial charge >= 0.3 is 6.18 Å². The SMILES string of the molecule is C#CCN1C(=O)COc2ccc(-n3ncc(C(F)(F)F)c(C)c3=O)cc21. The van der Waals surface area contributed by atoms with Crippen molar-refractivity contribution in [2.75, 3.05) is 18.1 Å². The minimum absolute atomic E-state index is 0.00693. The minimum Gasteiger partial charge on any atom is -0.482 e. The molecule has 1 aromatic heterocycles. The summed E-state index contributed by atoms with van der Waals surface area (Å²) in [7, 11) is 0. The molecule has 0 unspecified atom stereocenters. The molecule has 134 valence electrons. The first-order valence-corrected chi connectivity index (χ1v) is 7.41. The quantitative estimate of drug-likeness (QED) is 0.765. The average Bonchev–Trinajstić information content (AvgIpc) is 2.58. The van der Waals surface area contributed by atoms with E-state index in [4.69, 9.17) is 11.2 Å². The van der Waals surface area contributed by atoms with Crippen LogP contribution >= 0.6 is 0 Å². The van der Waals surface area contributed by atoms with Crippen LogP contribution in [0.4, 0.5) is 18.9 Å². The first kappa shape index (κ1) is 17.5. The van der Waals surface area contributed by atoms with E-state index in [1.165, 1.54) is 23.1 Å². The van der Waals surface area contributed by atoms with Crippen molar-refractivity contribution < 1.29 is 22.7 Å². The van der Waals surface area contributed by atoms with Crippen LogP contribution in [0.1, 0.15) is 11.1 Å². The van der Waals surface area contributed by atoms with Gasteiger partial charge in [-0.2, -0.15) is 23.0 Å².